The maximum Gasteiger partial charge on any atom is 0.237 e. The smallest absolute Gasteiger partial charge is 0.237 e. The van der Waals surface area contributed by atoms with Gasteiger partial charge in [-0.2, -0.15) is 5.26 Å². The van der Waals surface area contributed by atoms with E-state index in [9.17, 15) is 4.79 Å². The van der Waals surface area contributed by atoms with Gasteiger partial charge in [-0.25, -0.2) is 0 Å². The molecule has 32 heavy (non-hydrogen) atoms. The number of nitriles is 1. The number of benzene rings is 2. The first-order valence-electron chi connectivity index (χ1n) is 9.85. The number of allylic oxidation sites excluding steroid dienone is 1. The predicted molar refractivity (Wildman–Crippen MR) is 126 cm³/mol. The molecular formula is C23H22ClN5O2S. The number of carbonyl (C=O) groups is 1. The molecule has 1 N–H and O–H groups in total. The van der Waals surface area contributed by atoms with Gasteiger partial charge in [-0.1, -0.05) is 41.6 Å². The fourth-order valence-corrected chi connectivity index (χ4v) is 3.90. The van der Waals surface area contributed by atoms with E-state index in [0.717, 1.165) is 0 Å². The third kappa shape index (κ3) is 5.69. The van der Waals surface area contributed by atoms with E-state index in [1.165, 1.54) is 11.8 Å². The van der Waals surface area contributed by atoms with E-state index < -0.39 is 11.4 Å². The van der Waals surface area contributed by atoms with Crippen molar-refractivity contribution in [3.8, 4) is 11.8 Å². The van der Waals surface area contributed by atoms with Crippen LogP contribution < -0.4 is 10.1 Å². The fraction of sp³-hybridized carbons (Fsp3) is 0.217. The average Bonchev–Trinajstić information content (AvgIpc) is 3.18. The summed E-state index contributed by atoms with van der Waals surface area (Å²) in [6.45, 7) is 7.93. The number of aromatic nitrogens is 3. The Labute approximate surface area is 196 Å². The summed E-state index contributed by atoms with van der Waals surface area (Å²) in [5.41, 5.74) is 1.15. The van der Waals surface area contributed by atoms with Gasteiger partial charge in [-0.15, -0.1) is 16.8 Å². The third-order valence-electron chi connectivity index (χ3n) is 4.49. The van der Waals surface area contributed by atoms with Crippen LogP contribution in [0.5, 0.6) is 5.75 Å². The summed E-state index contributed by atoms with van der Waals surface area (Å²) in [6, 6.07) is 16.0. The van der Waals surface area contributed by atoms with Gasteiger partial charge in [-0.05, 0) is 50.2 Å². The molecule has 2 atom stereocenters. The second kappa shape index (κ2) is 10.8. The number of ether oxygens (including phenoxy) is 1. The van der Waals surface area contributed by atoms with E-state index >= 15 is 0 Å². The lowest BCUT2D eigenvalue weighted by molar-refractivity contribution is -0.115. The van der Waals surface area contributed by atoms with Crippen molar-refractivity contribution < 1.29 is 9.53 Å². The number of nitrogens with zero attached hydrogens (tertiary/aromatic N) is 4. The second-order valence-electron chi connectivity index (χ2n) is 6.87. The molecule has 1 heterocycles. The zero-order chi connectivity index (χ0) is 23.1. The molecule has 0 fully saturated rings. The summed E-state index contributed by atoms with van der Waals surface area (Å²) in [5, 5.41) is 21.0. The largest absolute Gasteiger partial charge is 0.481 e. The number of hydrogen-bond acceptors (Lipinski definition) is 6. The molecule has 0 saturated heterocycles. The Morgan fingerprint density at radius 2 is 2.00 bits per heavy atom. The van der Waals surface area contributed by atoms with E-state index in [0.29, 0.717) is 39.5 Å². The van der Waals surface area contributed by atoms with Crippen LogP contribution in [0.1, 0.15) is 31.3 Å². The number of halogens is 1. The second-order valence-corrected chi connectivity index (χ2v) is 8.58. The number of thioether (sulfide) groups is 1. The first kappa shape index (κ1) is 23.4. The lowest BCUT2D eigenvalue weighted by Crippen LogP contribution is -2.23. The van der Waals surface area contributed by atoms with Gasteiger partial charge in [0.1, 0.15) is 5.75 Å². The van der Waals surface area contributed by atoms with Crippen molar-refractivity contribution in [1.82, 2.24) is 14.8 Å². The molecule has 0 aliphatic carbocycles. The molecule has 9 heteroatoms. The molecule has 1 amide bonds. The zero-order valence-corrected chi connectivity index (χ0v) is 19.2. The lowest BCUT2D eigenvalue weighted by atomic mass is 10.2. The minimum atomic E-state index is -0.439. The Morgan fingerprint density at radius 1 is 1.28 bits per heavy atom. The highest BCUT2D eigenvalue weighted by atomic mass is 35.5. The van der Waals surface area contributed by atoms with E-state index in [4.69, 9.17) is 21.6 Å². The van der Waals surface area contributed by atoms with Crippen molar-refractivity contribution in [1.29, 1.82) is 5.26 Å². The summed E-state index contributed by atoms with van der Waals surface area (Å²) in [5.74, 6) is 0.973. The van der Waals surface area contributed by atoms with E-state index in [-0.39, 0.29) is 5.91 Å². The van der Waals surface area contributed by atoms with Crippen LogP contribution >= 0.6 is 23.4 Å². The van der Waals surface area contributed by atoms with Crippen molar-refractivity contribution in [3.05, 3.63) is 77.6 Å². The highest BCUT2D eigenvalue weighted by molar-refractivity contribution is 8.00. The van der Waals surface area contributed by atoms with Crippen molar-refractivity contribution in [3.63, 3.8) is 0 Å². The van der Waals surface area contributed by atoms with E-state index in [2.05, 4.69) is 28.2 Å². The molecule has 3 aromatic rings. The first-order valence-corrected chi connectivity index (χ1v) is 11.1. The minimum absolute atomic E-state index is 0.185. The molecule has 2 unspecified atom stereocenters. The quantitative estimate of drug-likeness (QED) is 0.341. The first-order chi connectivity index (χ1) is 15.4. The maximum absolute atomic E-state index is 12.6. The van der Waals surface area contributed by atoms with Gasteiger partial charge < -0.3 is 10.1 Å². The minimum Gasteiger partial charge on any atom is -0.481 e. The SMILES string of the molecule is C=CCn1c(SC(C)C(=O)Nc2ccc(C#N)cc2)nnc1C(C)Oc1ccccc1Cl. The number of anilines is 1. The number of hydrogen-bond donors (Lipinski definition) is 1. The fourth-order valence-electron chi connectivity index (χ4n) is 2.86. The number of nitrogens with one attached hydrogen (secondary N) is 1. The van der Waals surface area contributed by atoms with Gasteiger partial charge >= 0.3 is 0 Å². The van der Waals surface area contributed by atoms with Gasteiger partial charge in [0.15, 0.2) is 17.1 Å². The Kier molecular flexibility index (Phi) is 7.92. The number of rotatable bonds is 9. The topological polar surface area (TPSA) is 92.8 Å². The normalized spacial score (nSPS) is 12.4. The summed E-state index contributed by atoms with van der Waals surface area (Å²) in [7, 11) is 0. The van der Waals surface area contributed by atoms with Crippen LogP contribution in [0.3, 0.4) is 0 Å². The molecule has 0 spiro atoms. The molecule has 3 rings (SSSR count). The average molecular weight is 468 g/mol. The van der Waals surface area contributed by atoms with Crippen molar-refractivity contribution in [2.45, 2.75) is 36.9 Å². The Hall–Kier alpha value is -3.28. The molecular weight excluding hydrogens is 446 g/mol. The molecule has 2 aromatic carbocycles. The molecule has 0 radical (unpaired) electrons. The Balaban J connectivity index is 1.72. The molecule has 7 nitrogen and oxygen atoms in total. The van der Waals surface area contributed by atoms with Crippen molar-refractivity contribution in [2.24, 2.45) is 0 Å². The Morgan fingerprint density at radius 3 is 2.66 bits per heavy atom. The lowest BCUT2D eigenvalue weighted by Gasteiger charge is -2.17. The van der Waals surface area contributed by atoms with Crippen LogP contribution in [0, 0.1) is 11.3 Å². The van der Waals surface area contributed by atoms with Crippen LogP contribution in [0.25, 0.3) is 0 Å². The highest BCUT2D eigenvalue weighted by Crippen LogP contribution is 2.30. The Bertz CT molecular complexity index is 1140. The van der Waals surface area contributed by atoms with Crippen molar-refractivity contribution >= 4 is 35.0 Å². The molecule has 164 valence electrons. The summed E-state index contributed by atoms with van der Waals surface area (Å²) in [6.07, 6.45) is 1.32. The summed E-state index contributed by atoms with van der Waals surface area (Å²) >= 11 is 7.49. The molecule has 0 bridgehead atoms. The number of amides is 1. The molecule has 0 aliphatic heterocycles. The number of para-hydroxylation sites is 1. The van der Waals surface area contributed by atoms with Crippen LogP contribution in [0.2, 0.25) is 5.02 Å². The third-order valence-corrected chi connectivity index (χ3v) is 5.89. The summed E-state index contributed by atoms with van der Waals surface area (Å²) < 4.78 is 7.85. The standard InChI is InChI=1S/C23H22ClN5O2S/c1-4-13-29-21(15(2)31-20-8-6-5-7-19(20)24)27-28-23(29)32-16(3)22(30)26-18-11-9-17(14-25)10-12-18/h4-12,15-16H,1,13H2,2-3H3,(H,26,30). The maximum atomic E-state index is 12.6. The van der Waals surface area contributed by atoms with Crippen molar-refractivity contribution in [2.75, 3.05) is 5.32 Å². The van der Waals surface area contributed by atoms with Gasteiger partial charge in [0.2, 0.25) is 5.91 Å². The molecule has 0 aliphatic rings. The van der Waals surface area contributed by atoms with Crippen LogP contribution in [-0.2, 0) is 11.3 Å². The zero-order valence-electron chi connectivity index (χ0n) is 17.7. The molecule has 0 saturated carbocycles. The predicted octanol–water partition coefficient (Wildman–Crippen LogP) is 5.25. The number of carbonyl (C=O) groups excluding carboxylic acids is 1. The van der Waals surface area contributed by atoms with E-state index in [1.54, 1.807) is 49.4 Å². The van der Waals surface area contributed by atoms with Gasteiger partial charge in [0.25, 0.3) is 0 Å². The highest BCUT2D eigenvalue weighted by Gasteiger charge is 2.23. The van der Waals surface area contributed by atoms with E-state index in [1.807, 2.05) is 23.6 Å². The van der Waals surface area contributed by atoms with Crippen LogP contribution in [0.15, 0.2) is 66.3 Å². The molecule has 1 aromatic heterocycles. The van der Waals surface area contributed by atoms with Gasteiger partial charge in [0.05, 0.1) is 21.9 Å². The van der Waals surface area contributed by atoms with Crippen LogP contribution in [0.4, 0.5) is 5.69 Å². The van der Waals surface area contributed by atoms with Gasteiger partial charge in [-0.3, -0.25) is 9.36 Å². The van der Waals surface area contributed by atoms with Gasteiger partial charge in [0, 0.05) is 12.2 Å². The van der Waals surface area contributed by atoms with Crippen LogP contribution in [-0.4, -0.2) is 25.9 Å². The summed E-state index contributed by atoms with van der Waals surface area (Å²) in [4.78, 5) is 12.6. The monoisotopic (exact) mass is 467 g/mol.